The van der Waals surface area contributed by atoms with E-state index in [1.54, 1.807) is 0 Å². The monoisotopic (exact) mass is 231 g/mol. The molecule has 0 saturated heterocycles. The number of benzene rings is 1. The summed E-state index contributed by atoms with van der Waals surface area (Å²) in [6.45, 7) is 12.8. The maximum Gasteiger partial charge on any atom is 0.0531 e. The van der Waals surface area contributed by atoms with Crippen LogP contribution < -0.4 is 4.90 Å². The van der Waals surface area contributed by atoms with Gasteiger partial charge in [0.05, 0.1) is 5.54 Å². The summed E-state index contributed by atoms with van der Waals surface area (Å²) in [5.74, 6) is 0. The van der Waals surface area contributed by atoms with Crippen molar-refractivity contribution in [3.8, 4) is 0 Å². The van der Waals surface area contributed by atoms with Crippen molar-refractivity contribution >= 4 is 11.3 Å². The van der Waals surface area contributed by atoms with Crippen molar-refractivity contribution in [1.29, 1.82) is 0 Å². The van der Waals surface area contributed by atoms with E-state index < -0.39 is 0 Å². The predicted octanol–water partition coefficient (Wildman–Crippen LogP) is 4.65. The van der Waals surface area contributed by atoms with E-state index in [0.29, 0.717) is 0 Å². The summed E-state index contributed by atoms with van der Waals surface area (Å²) in [6, 6.07) is 6.68. The topological polar surface area (TPSA) is 3.24 Å². The molecule has 0 radical (unpaired) electrons. The number of allylic oxidation sites excluding steroid dienone is 1. The fraction of sp³-hybridized carbons (Fsp3) is 0.500. The highest BCUT2D eigenvalue weighted by Crippen LogP contribution is 2.37. The van der Waals surface area contributed by atoms with Crippen LogP contribution in [0.1, 0.15) is 45.7 Å². The highest BCUT2D eigenvalue weighted by molar-refractivity contribution is 5.81. The molecule has 1 aromatic rings. The molecule has 0 atom stereocenters. The zero-order valence-corrected chi connectivity index (χ0v) is 12.3. The summed E-state index contributed by atoms with van der Waals surface area (Å²) < 4.78 is 0. The van der Waals surface area contributed by atoms with Crippen LogP contribution in [0.4, 0.5) is 5.69 Å². The third-order valence-corrected chi connectivity index (χ3v) is 3.37. The van der Waals surface area contributed by atoms with Crippen LogP contribution in [0.5, 0.6) is 0 Å². The zero-order chi connectivity index (χ0) is 13.2. The van der Waals surface area contributed by atoms with Gasteiger partial charge >= 0.3 is 0 Å². The second-order valence-corrected chi connectivity index (χ2v) is 5.06. The first-order valence-electron chi connectivity index (χ1n) is 6.46. The molecule has 17 heavy (non-hydrogen) atoms. The van der Waals surface area contributed by atoms with Gasteiger partial charge in [-0.15, -0.1) is 0 Å². The standard InChI is InChI=1S/C14H19N.C2H6/c1-10-6-7-13-12(8-10)11(2)9-14(3,4)15(13)5;1-2/h6-9H,1-5H3;1-2H3. The SMILES string of the molecule is CC.CC1=CC(C)(C)N(C)c2ccc(C)cc21. The summed E-state index contributed by atoms with van der Waals surface area (Å²) in [5.41, 5.74) is 5.54. The van der Waals surface area contributed by atoms with Gasteiger partial charge in [0.1, 0.15) is 0 Å². The van der Waals surface area contributed by atoms with Gasteiger partial charge in [0.2, 0.25) is 0 Å². The fourth-order valence-electron chi connectivity index (χ4n) is 2.27. The number of hydrogen-bond donors (Lipinski definition) is 0. The van der Waals surface area contributed by atoms with E-state index in [-0.39, 0.29) is 5.54 Å². The molecule has 1 aliphatic rings. The van der Waals surface area contributed by atoms with E-state index in [1.165, 1.54) is 22.4 Å². The van der Waals surface area contributed by atoms with E-state index in [0.717, 1.165) is 0 Å². The molecule has 1 heteroatoms. The van der Waals surface area contributed by atoms with E-state index in [4.69, 9.17) is 0 Å². The first kappa shape index (κ1) is 13.8. The second kappa shape index (κ2) is 4.95. The minimum atomic E-state index is 0.117. The van der Waals surface area contributed by atoms with E-state index in [9.17, 15) is 0 Å². The highest BCUT2D eigenvalue weighted by Gasteiger charge is 2.27. The van der Waals surface area contributed by atoms with Crippen molar-refractivity contribution in [2.75, 3.05) is 11.9 Å². The Morgan fingerprint density at radius 3 is 2.24 bits per heavy atom. The first-order valence-corrected chi connectivity index (χ1v) is 6.46. The largest absolute Gasteiger partial charge is 0.366 e. The van der Waals surface area contributed by atoms with Gasteiger partial charge in [-0.25, -0.2) is 0 Å². The van der Waals surface area contributed by atoms with Crippen molar-refractivity contribution in [3.63, 3.8) is 0 Å². The molecule has 0 N–H and O–H groups in total. The number of anilines is 1. The summed E-state index contributed by atoms with van der Waals surface area (Å²) in [4.78, 5) is 2.34. The minimum Gasteiger partial charge on any atom is -0.366 e. The molecule has 1 aliphatic heterocycles. The number of aryl methyl sites for hydroxylation is 1. The van der Waals surface area contributed by atoms with Gasteiger partial charge < -0.3 is 4.90 Å². The molecular formula is C16H25N. The molecule has 0 aromatic heterocycles. The van der Waals surface area contributed by atoms with Crippen LogP contribution in [0.3, 0.4) is 0 Å². The molecule has 1 aromatic carbocycles. The lowest BCUT2D eigenvalue weighted by Gasteiger charge is -2.40. The molecule has 1 nitrogen and oxygen atoms in total. The number of nitrogens with zero attached hydrogens (tertiary/aromatic N) is 1. The average Bonchev–Trinajstić information content (AvgIpc) is 2.28. The Balaban J connectivity index is 0.000000686. The lowest BCUT2D eigenvalue weighted by Crippen LogP contribution is -2.42. The number of rotatable bonds is 0. The maximum atomic E-state index is 2.34. The third kappa shape index (κ3) is 2.54. The Morgan fingerprint density at radius 1 is 1.06 bits per heavy atom. The average molecular weight is 231 g/mol. The molecule has 1 heterocycles. The van der Waals surface area contributed by atoms with Crippen molar-refractivity contribution < 1.29 is 0 Å². The van der Waals surface area contributed by atoms with E-state index in [2.05, 4.69) is 63.9 Å². The van der Waals surface area contributed by atoms with Crippen LogP contribution in [-0.2, 0) is 0 Å². The van der Waals surface area contributed by atoms with Gasteiger partial charge in [0.15, 0.2) is 0 Å². The third-order valence-electron chi connectivity index (χ3n) is 3.37. The van der Waals surface area contributed by atoms with E-state index in [1.807, 2.05) is 13.8 Å². The zero-order valence-electron chi connectivity index (χ0n) is 12.3. The molecule has 0 spiro atoms. The van der Waals surface area contributed by atoms with Crippen LogP contribution in [0.2, 0.25) is 0 Å². The highest BCUT2D eigenvalue weighted by atomic mass is 15.2. The molecule has 0 amide bonds. The Kier molecular flexibility index (Phi) is 4.03. The maximum absolute atomic E-state index is 2.34. The normalized spacial score (nSPS) is 16.6. The van der Waals surface area contributed by atoms with Crippen molar-refractivity contribution in [3.05, 3.63) is 35.4 Å². The first-order chi connectivity index (χ1) is 7.92. The Hall–Kier alpha value is -1.24. The van der Waals surface area contributed by atoms with Crippen LogP contribution in [-0.4, -0.2) is 12.6 Å². The summed E-state index contributed by atoms with van der Waals surface area (Å²) in [5, 5.41) is 0. The summed E-state index contributed by atoms with van der Waals surface area (Å²) in [6.07, 6.45) is 2.34. The molecule has 0 unspecified atom stereocenters. The molecule has 0 saturated carbocycles. The molecule has 0 fully saturated rings. The van der Waals surface area contributed by atoms with Crippen LogP contribution >= 0.6 is 0 Å². The van der Waals surface area contributed by atoms with Gasteiger partial charge in [-0.3, -0.25) is 0 Å². The lowest BCUT2D eigenvalue weighted by molar-refractivity contribution is 0.597. The van der Waals surface area contributed by atoms with E-state index >= 15 is 0 Å². The van der Waals surface area contributed by atoms with Gasteiger partial charge in [0.25, 0.3) is 0 Å². The van der Waals surface area contributed by atoms with Gasteiger partial charge in [-0.05, 0) is 45.4 Å². The van der Waals surface area contributed by atoms with Gasteiger partial charge in [-0.2, -0.15) is 0 Å². The molecule has 0 bridgehead atoms. The van der Waals surface area contributed by atoms with Gasteiger partial charge in [-0.1, -0.05) is 31.6 Å². The second-order valence-electron chi connectivity index (χ2n) is 5.06. The molecule has 2 rings (SSSR count). The van der Waals surface area contributed by atoms with Crippen molar-refractivity contribution in [2.45, 2.75) is 47.1 Å². The summed E-state index contributed by atoms with van der Waals surface area (Å²) in [7, 11) is 2.16. The number of fused-ring (bicyclic) bond motifs is 1. The predicted molar refractivity (Wildman–Crippen MR) is 78.7 cm³/mol. The summed E-state index contributed by atoms with van der Waals surface area (Å²) >= 11 is 0. The molecular weight excluding hydrogens is 206 g/mol. The Morgan fingerprint density at radius 2 is 1.65 bits per heavy atom. The van der Waals surface area contributed by atoms with Crippen LogP contribution in [0.25, 0.3) is 5.57 Å². The fourth-order valence-corrected chi connectivity index (χ4v) is 2.27. The van der Waals surface area contributed by atoms with Crippen molar-refractivity contribution in [1.82, 2.24) is 0 Å². The Bertz CT molecular complexity index is 427. The van der Waals surface area contributed by atoms with Crippen LogP contribution in [0, 0.1) is 6.92 Å². The smallest absolute Gasteiger partial charge is 0.0531 e. The van der Waals surface area contributed by atoms with Gasteiger partial charge in [0, 0.05) is 18.3 Å². The van der Waals surface area contributed by atoms with Crippen molar-refractivity contribution in [2.24, 2.45) is 0 Å². The lowest BCUT2D eigenvalue weighted by atomic mass is 9.89. The minimum absolute atomic E-state index is 0.117. The van der Waals surface area contributed by atoms with Crippen LogP contribution in [0.15, 0.2) is 24.3 Å². The Labute approximate surface area is 106 Å². The number of hydrogen-bond acceptors (Lipinski definition) is 1. The molecule has 0 aliphatic carbocycles. The number of likely N-dealkylation sites (N-methyl/N-ethyl adjacent to an activating group) is 1. The quantitative estimate of drug-likeness (QED) is 0.628. The molecule has 94 valence electrons.